The van der Waals surface area contributed by atoms with Crippen molar-refractivity contribution in [2.24, 2.45) is 7.05 Å². The molecular formula is C16H14N2O2. The van der Waals surface area contributed by atoms with Crippen LogP contribution in [0.1, 0.15) is 5.56 Å². The van der Waals surface area contributed by atoms with Gasteiger partial charge in [0.1, 0.15) is 6.61 Å². The largest absolute Gasteiger partial charge is 0.460 e. The van der Waals surface area contributed by atoms with Gasteiger partial charge in [0.15, 0.2) is 0 Å². The van der Waals surface area contributed by atoms with E-state index in [2.05, 4.69) is 4.98 Å². The van der Waals surface area contributed by atoms with Gasteiger partial charge in [-0.3, -0.25) is 9.36 Å². The second-order valence-corrected chi connectivity index (χ2v) is 4.55. The molecular weight excluding hydrogens is 252 g/mol. The molecule has 3 rings (SSSR count). The third-order valence-corrected chi connectivity index (χ3v) is 3.15. The van der Waals surface area contributed by atoms with Crippen molar-refractivity contribution in [2.45, 2.75) is 6.61 Å². The monoisotopic (exact) mass is 266 g/mol. The summed E-state index contributed by atoms with van der Waals surface area (Å²) in [5.74, 6) is 0. The van der Waals surface area contributed by atoms with Crippen molar-refractivity contribution in [3.8, 4) is 6.01 Å². The lowest BCUT2D eigenvalue weighted by molar-refractivity contribution is 0.267. The maximum atomic E-state index is 12.2. The van der Waals surface area contributed by atoms with E-state index in [1.807, 2.05) is 48.5 Å². The smallest absolute Gasteiger partial charge is 0.299 e. The zero-order chi connectivity index (χ0) is 13.9. The molecule has 0 aliphatic carbocycles. The van der Waals surface area contributed by atoms with Crippen molar-refractivity contribution in [1.82, 2.24) is 9.55 Å². The number of ether oxygens (including phenoxy) is 1. The van der Waals surface area contributed by atoms with Gasteiger partial charge >= 0.3 is 0 Å². The van der Waals surface area contributed by atoms with Crippen LogP contribution in [0.4, 0.5) is 0 Å². The summed E-state index contributed by atoms with van der Waals surface area (Å²) in [4.78, 5) is 16.6. The number of rotatable bonds is 3. The van der Waals surface area contributed by atoms with Gasteiger partial charge in [0.2, 0.25) is 0 Å². The summed E-state index contributed by atoms with van der Waals surface area (Å²) < 4.78 is 7.10. The molecule has 0 amide bonds. The first-order chi connectivity index (χ1) is 9.75. The second kappa shape index (κ2) is 5.17. The van der Waals surface area contributed by atoms with Crippen LogP contribution in [-0.2, 0) is 13.7 Å². The van der Waals surface area contributed by atoms with Crippen LogP contribution in [0.5, 0.6) is 6.01 Å². The molecule has 0 atom stereocenters. The van der Waals surface area contributed by atoms with Crippen molar-refractivity contribution in [2.75, 3.05) is 0 Å². The lowest BCUT2D eigenvalue weighted by Gasteiger charge is -2.10. The first-order valence-corrected chi connectivity index (χ1v) is 6.38. The first-order valence-electron chi connectivity index (χ1n) is 6.38. The maximum Gasteiger partial charge on any atom is 0.299 e. The van der Waals surface area contributed by atoms with Crippen LogP contribution in [-0.4, -0.2) is 9.55 Å². The van der Waals surface area contributed by atoms with Gasteiger partial charge in [0.05, 0.1) is 10.9 Å². The van der Waals surface area contributed by atoms with E-state index in [1.165, 1.54) is 4.57 Å². The summed E-state index contributed by atoms with van der Waals surface area (Å²) in [6.45, 7) is 0.388. The number of benzene rings is 2. The summed E-state index contributed by atoms with van der Waals surface area (Å²) in [5, 5.41) is 0.599. The fourth-order valence-corrected chi connectivity index (χ4v) is 2.05. The molecule has 1 aromatic heterocycles. The predicted octanol–water partition coefficient (Wildman–Crippen LogP) is 2.51. The zero-order valence-electron chi connectivity index (χ0n) is 11.1. The molecule has 20 heavy (non-hydrogen) atoms. The van der Waals surface area contributed by atoms with E-state index < -0.39 is 0 Å². The van der Waals surface area contributed by atoms with Gasteiger partial charge in [0.25, 0.3) is 11.6 Å². The SMILES string of the molecule is Cn1c(OCc2ccccc2)nc2ccccc2c1=O. The minimum absolute atomic E-state index is 0.0985. The minimum Gasteiger partial charge on any atom is -0.460 e. The normalized spacial score (nSPS) is 10.7. The van der Waals surface area contributed by atoms with Crippen LogP contribution in [0.2, 0.25) is 0 Å². The molecule has 4 nitrogen and oxygen atoms in total. The van der Waals surface area contributed by atoms with E-state index in [-0.39, 0.29) is 5.56 Å². The Morgan fingerprint density at radius 2 is 1.75 bits per heavy atom. The quantitative estimate of drug-likeness (QED) is 0.731. The molecule has 0 saturated carbocycles. The second-order valence-electron chi connectivity index (χ2n) is 4.55. The molecule has 0 N–H and O–H groups in total. The van der Waals surface area contributed by atoms with E-state index in [0.29, 0.717) is 23.5 Å². The topological polar surface area (TPSA) is 44.1 Å². The Hall–Kier alpha value is -2.62. The molecule has 2 aromatic carbocycles. The number of hydrogen-bond acceptors (Lipinski definition) is 3. The summed E-state index contributed by atoms with van der Waals surface area (Å²) in [6, 6.07) is 17.4. The molecule has 0 aliphatic rings. The summed E-state index contributed by atoms with van der Waals surface area (Å²) in [7, 11) is 1.67. The maximum absolute atomic E-state index is 12.2. The fourth-order valence-electron chi connectivity index (χ4n) is 2.05. The number of fused-ring (bicyclic) bond motifs is 1. The van der Waals surface area contributed by atoms with Gasteiger partial charge in [-0.1, -0.05) is 42.5 Å². The van der Waals surface area contributed by atoms with Gasteiger partial charge in [0, 0.05) is 7.05 Å². The highest BCUT2D eigenvalue weighted by Crippen LogP contribution is 2.13. The number of nitrogens with zero attached hydrogens (tertiary/aromatic N) is 2. The van der Waals surface area contributed by atoms with E-state index in [9.17, 15) is 4.79 Å². The Balaban J connectivity index is 1.96. The first kappa shape index (κ1) is 12.4. The van der Waals surface area contributed by atoms with Crippen molar-refractivity contribution < 1.29 is 4.74 Å². The Morgan fingerprint density at radius 1 is 1.05 bits per heavy atom. The van der Waals surface area contributed by atoms with E-state index in [4.69, 9.17) is 4.74 Å². The van der Waals surface area contributed by atoms with Crippen molar-refractivity contribution in [3.05, 3.63) is 70.5 Å². The highest BCUT2D eigenvalue weighted by Gasteiger charge is 2.08. The van der Waals surface area contributed by atoms with E-state index in [1.54, 1.807) is 13.1 Å². The van der Waals surface area contributed by atoms with Crippen LogP contribution in [0.3, 0.4) is 0 Å². The summed E-state index contributed by atoms with van der Waals surface area (Å²) >= 11 is 0. The Morgan fingerprint density at radius 3 is 2.55 bits per heavy atom. The molecule has 0 radical (unpaired) electrons. The zero-order valence-corrected chi connectivity index (χ0v) is 11.1. The van der Waals surface area contributed by atoms with Crippen LogP contribution in [0.25, 0.3) is 10.9 Å². The van der Waals surface area contributed by atoms with Gasteiger partial charge < -0.3 is 4.74 Å². The minimum atomic E-state index is -0.0985. The Bertz CT molecular complexity index is 794. The number of hydrogen-bond donors (Lipinski definition) is 0. The summed E-state index contributed by atoms with van der Waals surface area (Å²) in [5.41, 5.74) is 1.59. The number of aromatic nitrogens is 2. The van der Waals surface area contributed by atoms with Gasteiger partial charge in [-0.25, -0.2) is 0 Å². The lowest BCUT2D eigenvalue weighted by atomic mass is 10.2. The Labute approximate surface area is 116 Å². The highest BCUT2D eigenvalue weighted by molar-refractivity contribution is 5.77. The van der Waals surface area contributed by atoms with Gasteiger partial charge in [-0.15, -0.1) is 0 Å². The van der Waals surface area contributed by atoms with Crippen LogP contribution < -0.4 is 10.3 Å². The van der Waals surface area contributed by atoms with Crippen LogP contribution >= 0.6 is 0 Å². The lowest BCUT2D eigenvalue weighted by Crippen LogP contribution is -2.20. The molecule has 1 heterocycles. The fraction of sp³-hybridized carbons (Fsp3) is 0.125. The third-order valence-electron chi connectivity index (χ3n) is 3.15. The molecule has 0 aliphatic heterocycles. The van der Waals surface area contributed by atoms with Crippen LogP contribution in [0, 0.1) is 0 Å². The molecule has 4 heteroatoms. The van der Waals surface area contributed by atoms with E-state index in [0.717, 1.165) is 5.56 Å². The number of para-hydroxylation sites is 1. The predicted molar refractivity (Wildman–Crippen MR) is 77.8 cm³/mol. The molecule has 0 fully saturated rings. The molecule has 0 spiro atoms. The Kier molecular flexibility index (Phi) is 3.21. The third kappa shape index (κ3) is 2.28. The van der Waals surface area contributed by atoms with Gasteiger partial charge in [-0.2, -0.15) is 4.98 Å². The standard InChI is InChI=1S/C16H14N2O2/c1-18-15(19)13-9-5-6-10-14(13)17-16(18)20-11-12-7-3-2-4-8-12/h2-10H,11H2,1H3. The molecule has 0 unspecified atom stereocenters. The average Bonchev–Trinajstić information content (AvgIpc) is 2.50. The van der Waals surface area contributed by atoms with Crippen molar-refractivity contribution in [1.29, 1.82) is 0 Å². The molecule has 0 saturated heterocycles. The molecule has 100 valence electrons. The van der Waals surface area contributed by atoms with E-state index >= 15 is 0 Å². The average molecular weight is 266 g/mol. The summed E-state index contributed by atoms with van der Waals surface area (Å²) in [6.07, 6.45) is 0. The van der Waals surface area contributed by atoms with Crippen molar-refractivity contribution >= 4 is 10.9 Å². The van der Waals surface area contributed by atoms with Crippen LogP contribution in [0.15, 0.2) is 59.4 Å². The van der Waals surface area contributed by atoms with Gasteiger partial charge in [-0.05, 0) is 17.7 Å². The highest BCUT2D eigenvalue weighted by atomic mass is 16.5. The molecule has 3 aromatic rings. The van der Waals surface area contributed by atoms with Crippen molar-refractivity contribution in [3.63, 3.8) is 0 Å². The molecule has 0 bridgehead atoms.